The summed E-state index contributed by atoms with van der Waals surface area (Å²) in [5, 5.41) is 16.7. The molecule has 0 bridgehead atoms. The maximum Gasteiger partial charge on any atom is 0.292 e. The Kier molecular flexibility index (Phi) is 3.81. The normalized spacial score (nSPS) is 19.2. The SMILES string of the molecule is O=C1CCC(Nc2cc(Br)ccc2[N+](=O)[O-])CN1. The minimum atomic E-state index is -0.420. The maximum atomic E-state index is 11.0. The molecule has 0 aromatic heterocycles. The molecule has 1 aromatic rings. The molecule has 7 heteroatoms. The monoisotopic (exact) mass is 313 g/mol. The van der Waals surface area contributed by atoms with E-state index < -0.39 is 4.92 Å². The predicted molar refractivity (Wildman–Crippen MR) is 70.5 cm³/mol. The Balaban J connectivity index is 2.15. The first-order valence-corrected chi connectivity index (χ1v) is 6.33. The third-order valence-corrected chi connectivity index (χ3v) is 3.27. The van der Waals surface area contributed by atoms with Crippen molar-refractivity contribution in [3.8, 4) is 0 Å². The molecule has 1 unspecified atom stereocenters. The summed E-state index contributed by atoms with van der Waals surface area (Å²) >= 11 is 3.29. The number of nitrogens with one attached hydrogen (secondary N) is 2. The molecule has 1 heterocycles. The Bertz CT molecular complexity index is 482. The Morgan fingerprint density at radius 3 is 2.89 bits per heavy atom. The first-order chi connectivity index (χ1) is 8.56. The molecule has 96 valence electrons. The number of hydrogen-bond donors (Lipinski definition) is 2. The quantitative estimate of drug-likeness (QED) is 0.660. The van der Waals surface area contributed by atoms with E-state index in [1.165, 1.54) is 6.07 Å². The van der Waals surface area contributed by atoms with Crippen LogP contribution in [0.2, 0.25) is 0 Å². The predicted octanol–water partition coefficient (Wildman–Crippen LogP) is 2.05. The van der Waals surface area contributed by atoms with E-state index in [4.69, 9.17) is 0 Å². The van der Waals surface area contributed by atoms with E-state index in [-0.39, 0.29) is 17.6 Å². The molecule has 0 radical (unpaired) electrons. The fourth-order valence-electron chi connectivity index (χ4n) is 1.86. The van der Waals surface area contributed by atoms with E-state index in [0.717, 1.165) is 4.47 Å². The molecule has 1 atom stereocenters. The van der Waals surface area contributed by atoms with Crippen molar-refractivity contribution in [1.82, 2.24) is 5.32 Å². The summed E-state index contributed by atoms with van der Waals surface area (Å²) in [4.78, 5) is 21.5. The average Bonchev–Trinajstić information content (AvgIpc) is 2.32. The number of hydrogen-bond acceptors (Lipinski definition) is 4. The standard InChI is InChI=1S/C11H12BrN3O3/c12-7-1-3-10(15(17)18)9(5-7)14-8-2-4-11(16)13-6-8/h1,3,5,8,14H,2,4,6H2,(H,13,16). The zero-order valence-electron chi connectivity index (χ0n) is 9.48. The Labute approximate surface area is 112 Å². The molecule has 2 rings (SSSR count). The van der Waals surface area contributed by atoms with Gasteiger partial charge in [-0.15, -0.1) is 0 Å². The van der Waals surface area contributed by atoms with E-state index in [0.29, 0.717) is 25.1 Å². The van der Waals surface area contributed by atoms with Crippen LogP contribution in [0, 0.1) is 10.1 Å². The Morgan fingerprint density at radius 2 is 2.28 bits per heavy atom. The minimum absolute atomic E-state index is 0.0238. The number of rotatable bonds is 3. The maximum absolute atomic E-state index is 11.0. The number of nitro groups is 1. The second-order valence-electron chi connectivity index (χ2n) is 4.10. The van der Waals surface area contributed by atoms with Gasteiger partial charge < -0.3 is 10.6 Å². The van der Waals surface area contributed by atoms with Crippen LogP contribution in [0.3, 0.4) is 0 Å². The van der Waals surface area contributed by atoms with E-state index in [2.05, 4.69) is 26.6 Å². The van der Waals surface area contributed by atoms with Crippen LogP contribution in [0.25, 0.3) is 0 Å². The Morgan fingerprint density at radius 1 is 1.50 bits per heavy atom. The van der Waals surface area contributed by atoms with Gasteiger partial charge in [-0.2, -0.15) is 0 Å². The van der Waals surface area contributed by atoms with Crippen molar-refractivity contribution in [2.24, 2.45) is 0 Å². The molecule has 1 aromatic carbocycles. The molecule has 0 aliphatic carbocycles. The molecule has 1 amide bonds. The largest absolute Gasteiger partial charge is 0.375 e. The van der Waals surface area contributed by atoms with Crippen molar-refractivity contribution >= 4 is 33.2 Å². The first-order valence-electron chi connectivity index (χ1n) is 5.53. The molecule has 6 nitrogen and oxygen atoms in total. The van der Waals surface area contributed by atoms with Crippen molar-refractivity contribution in [3.05, 3.63) is 32.8 Å². The molecule has 1 fully saturated rings. The number of carbonyl (C=O) groups is 1. The van der Waals surface area contributed by atoms with Gasteiger partial charge in [0, 0.05) is 29.5 Å². The van der Waals surface area contributed by atoms with E-state index in [1.807, 2.05) is 0 Å². The van der Waals surface area contributed by atoms with Gasteiger partial charge in [0.1, 0.15) is 5.69 Å². The second kappa shape index (κ2) is 5.34. The van der Waals surface area contributed by atoms with Gasteiger partial charge in [0.25, 0.3) is 5.69 Å². The lowest BCUT2D eigenvalue weighted by Crippen LogP contribution is -2.41. The molecule has 1 aliphatic heterocycles. The van der Waals surface area contributed by atoms with Gasteiger partial charge in [0.2, 0.25) is 5.91 Å². The lowest BCUT2D eigenvalue weighted by Gasteiger charge is -2.24. The zero-order valence-corrected chi connectivity index (χ0v) is 11.1. The van der Waals surface area contributed by atoms with E-state index in [1.54, 1.807) is 12.1 Å². The summed E-state index contributed by atoms with van der Waals surface area (Å²) in [6.45, 7) is 0.489. The van der Waals surface area contributed by atoms with Crippen LogP contribution in [-0.2, 0) is 4.79 Å². The summed E-state index contributed by atoms with van der Waals surface area (Å²) < 4.78 is 0.774. The fraction of sp³-hybridized carbons (Fsp3) is 0.364. The summed E-state index contributed by atoms with van der Waals surface area (Å²) in [5.74, 6) is 0.0248. The fourth-order valence-corrected chi connectivity index (χ4v) is 2.22. The van der Waals surface area contributed by atoms with Gasteiger partial charge in [0.15, 0.2) is 0 Å². The van der Waals surface area contributed by atoms with E-state index >= 15 is 0 Å². The lowest BCUT2D eigenvalue weighted by molar-refractivity contribution is -0.384. The number of anilines is 1. The third kappa shape index (κ3) is 2.98. The van der Waals surface area contributed by atoms with Crippen LogP contribution in [0.15, 0.2) is 22.7 Å². The summed E-state index contributed by atoms with van der Waals surface area (Å²) in [5.41, 5.74) is 0.505. The number of carbonyl (C=O) groups excluding carboxylic acids is 1. The van der Waals surface area contributed by atoms with Gasteiger partial charge in [-0.05, 0) is 18.6 Å². The number of amides is 1. The summed E-state index contributed by atoms with van der Waals surface area (Å²) in [6, 6.07) is 4.78. The smallest absolute Gasteiger partial charge is 0.292 e. The average molecular weight is 314 g/mol. The Hall–Kier alpha value is -1.63. The number of nitro benzene ring substituents is 1. The molecule has 0 saturated carbocycles. The van der Waals surface area contributed by atoms with Gasteiger partial charge in [-0.1, -0.05) is 15.9 Å². The molecule has 1 saturated heterocycles. The van der Waals surface area contributed by atoms with Crippen LogP contribution in [0.4, 0.5) is 11.4 Å². The molecular formula is C11H12BrN3O3. The topological polar surface area (TPSA) is 84.3 Å². The summed E-state index contributed by atoms with van der Waals surface area (Å²) in [6.07, 6.45) is 1.12. The summed E-state index contributed by atoms with van der Waals surface area (Å²) in [7, 11) is 0. The van der Waals surface area contributed by atoms with Crippen molar-refractivity contribution in [2.45, 2.75) is 18.9 Å². The van der Waals surface area contributed by atoms with Crippen LogP contribution >= 0.6 is 15.9 Å². The minimum Gasteiger partial charge on any atom is -0.375 e. The van der Waals surface area contributed by atoms with Crippen molar-refractivity contribution < 1.29 is 9.72 Å². The molecule has 2 N–H and O–H groups in total. The van der Waals surface area contributed by atoms with Crippen molar-refractivity contribution in [1.29, 1.82) is 0 Å². The number of benzene rings is 1. The van der Waals surface area contributed by atoms with Gasteiger partial charge in [-0.25, -0.2) is 0 Å². The lowest BCUT2D eigenvalue weighted by atomic mass is 10.1. The highest BCUT2D eigenvalue weighted by molar-refractivity contribution is 9.10. The van der Waals surface area contributed by atoms with E-state index in [9.17, 15) is 14.9 Å². The third-order valence-electron chi connectivity index (χ3n) is 2.78. The molecule has 0 spiro atoms. The van der Waals surface area contributed by atoms with Gasteiger partial charge >= 0.3 is 0 Å². The number of nitrogens with zero attached hydrogens (tertiary/aromatic N) is 1. The van der Waals surface area contributed by atoms with Gasteiger partial charge in [0.05, 0.1) is 4.92 Å². The van der Waals surface area contributed by atoms with Gasteiger partial charge in [-0.3, -0.25) is 14.9 Å². The number of piperidine rings is 1. The highest BCUT2D eigenvalue weighted by Gasteiger charge is 2.21. The number of halogens is 1. The van der Waals surface area contributed by atoms with Crippen LogP contribution < -0.4 is 10.6 Å². The van der Waals surface area contributed by atoms with Crippen molar-refractivity contribution in [3.63, 3.8) is 0 Å². The van der Waals surface area contributed by atoms with Crippen LogP contribution in [0.1, 0.15) is 12.8 Å². The molecule has 1 aliphatic rings. The highest BCUT2D eigenvalue weighted by Crippen LogP contribution is 2.29. The first kappa shape index (κ1) is 12.8. The van der Waals surface area contributed by atoms with Crippen LogP contribution in [0.5, 0.6) is 0 Å². The molecule has 18 heavy (non-hydrogen) atoms. The van der Waals surface area contributed by atoms with Crippen molar-refractivity contribution in [2.75, 3.05) is 11.9 Å². The zero-order chi connectivity index (χ0) is 13.1. The van der Waals surface area contributed by atoms with Crippen LogP contribution in [-0.4, -0.2) is 23.4 Å². The second-order valence-corrected chi connectivity index (χ2v) is 5.02. The highest BCUT2D eigenvalue weighted by atomic mass is 79.9. The molecular weight excluding hydrogens is 302 g/mol.